The first-order chi connectivity index (χ1) is 8.63. The number of anilines is 2. The smallest absolute Gasteiger partial charge is 0.161 e. The minimum absolute atomic E-state index is 0.371. The van der Waals surface area contributed by atoms with Crippen LogP contribution in [0.1, 0.15) is 12.8 Å². The highest BCUT2D eigenvalue weighted by molar-refractivity contribution is 6.37. The average Bonchev–Trinajstić information content (AvgIpc) is 2.39. The van der Waals surface area contributed by atoms with E-state index in [0.717, 1.165) is 26.1 Å². The number of rotatable bonds is 3. The van der Waals surface area contributed by atoms with Crippen LogP contribution in [-0.2, 0) is 4.74 Å². The Kier molecular flexibility index (Phi) is 4.50. The Morgan fingerprint density at radius 1 is 1.39 bits per heavy atom. The summed E-state index contributed by atoms with van der Waals surface area (Å²) in [6.45, 7) is 1.53. The van der Waals surface area contributed by atoms with E-state index in [1.54, 1.807) is 6.07 Å². The monoisotopic (exact) mass is 290 g/mol. The Bertz CT molecular complexity index is 424. The second kappa shape index (κ2) is 5.93. The summed E-state index contributed by atoms with van der Waals surface area (Å²) in [7, 11) is 1.97. The van der Waals surface area contributed by atoms with Gasteiger partial charge in [0.1, 0.15) is 5.82 Å². The maximum atomic E-state index is 6.18. The Labute approximate surface area is 116 Å². The molecule has 1 aromatic rings. The lowest BCUT2D eigenvalue weighted by Crippen LogP contribution is -2.37. The molecule has 0 unspecified atom stereocenters. The molecule has 3 N–H and O–H groups in total. The normalized spacial score (nSPS) is 16.7. The van der Waals surface area contributed by atoms with E-state index in [4.69, 9.17) is 33.8 Å². The van der Waals surface area contributed by atoms with Crippen LogP contribution < -0.4 is 16.2 Å². The third-order valence-electron chi connectivity index (χ3n) is 3.12. The van der Waals surface area contributed by atoms with Gasteiger partial charge in [-0.1, -0.05) is 23.2 Å². The predicted octanol–water partition coefficient (Wildman–Crippen LogP) is 2.29. The van der Waals surface area contributed by atoms with Crippen molar-refractivity contribution in [1.29, 1.82) is 0 Å². The molecule has 7 heteroatoms. The molecule has 0 aliphatic carbocycles. The van der Waals surface area contributed by atoms with Crippen molar-refractivity contribution in [3.63, 3.8) is 0 Å². The number of nitrogen functional groups attached to an aromatic ring is 1. The van der Waals surface area contributed by atoms with Gasteiger partial charge in [-0.05, 0) is 18.9 Å². The summed E-state index contributed by atoms with van der Waals surface area (Å²) < 4.78 is 5.35. The zero-order valence-corrected chi connectivity index (χ0v) is 11.6. The number of nitrogens with zero attached hydrogens (tertiary/aromatic N) is 2. The van der Waals surface area contributed by atoms with Gasteiger partial charge in [0.05, 0.1) is 10.0 Å². The second-order valence-electron chi connectivity index (χ2n) is 4.22. The van der Waals surface area contributed by atoms with Gasteiger partial charge in [-0.15, -0.1) is 0 Å². The molecule has 0 saturated carbocycles. The molecule has 100 valence electrons. The van der Waals surface area contributed by atoms with Crippen molar-refractivity contribution >= 4 is 34.8 Å². The fraction of sp³-hybridized carbons (Fsp3) is 0.545. The fourth-order valence-corrected chi connectivity index (χ4v) is 2.60. The number of hydrazine groups is 1. The molecule has 0 bridgehead atoms. The molecule has 2 rings (SSSR count). The third kappa shape index (κ3) is 2.80. The largest absolute Gasteiger partial charge is 0.381 e. The molecule has 1 aliphatic heterocycles. The van der Waals surface area contributed by atoms with Crippen LogP contribution in [-0.4, -0.2) is 31.3 Å². The molecule has 0 radical (unpaired) electrons. The molecule has 0 atom stereocenters. The van der Waals surface area contributed by atoms with Gasteiger partial charge in [0, 0.05) is 26.3 Å². The number of hydrogen-bond donors (Lipinski definition) is 2. The van der Waals surface area contributed by atoms with Crippen molar-refractivity contribution in [1.82, 2.24) is 4.98 Å². The second-order valence-corrected chi connectivity index (χ2v) is 5.04. The predicted molar refractivity (Wildman–Crippen MR) is 74.3 cm³/mol. The van der Waals surface area contributed by atoms with Gasteiger partial charge >= 0.3 is 0 Å². The Morgan fingerprint density at radius 2 is 2.06 bits per heavy atom. The van der Waals surface area contributed by atoms with Gasteiger partial charge in [0.25, 0.3) is 0 Å². The molecule has 18 heavy (non-hydrogen) atoms. The zero-order valence-electron chi connectivity index (χ0n) is 10.1. The van der Waals surface area contributed by atoms with Crippen LogP contribution in [0.4, 0.5) is 11.6 Å². The summed E-state index contributed by atoms with van der Waals surface area (Å²) >= 11 is 12.1. The standard InChI is InChI=1S/C11H16Cl2N4O/c1-17(7-2-4-18-5-3-7)11-9(13)6-8(12)10(15-11)16-14/h6-7H,2-5,14H2,1H3,(H,15,16). The van der Waals surface area contributed by atoms with Crippen molar-refractivity contribution in [2.75, 3.05) is 30.6 Å². The van der Waals surface area contributed by atoms with Gasteiger partial charge in [-0.2, -0.15) is 0 Å². The third-order valence-corrected chi connectivity index (χ3v) is 3.69. The molecular formula is C11H16Cl2N4O. The molecule has 1 saturated heterocycles. The molecule has 5 nitrogen and oxygen atoms in total. The van der Waals surface area contributed by atoms with Crippen LogP contribution in [0.3, 0.4) is 0 Å². The summed E-state index contributed by atoms with van der Waals surface area (Å²) in [6.07, 6.45) is 1.92. The van der Waals surface area contributed by atoms with Crippen LogP contribution in [0, 0.1) is 0 Å². The quantitative estimate of drug-likeness (QED) is 0.661. The first-order valence-corrected chi connectivity index (χ1v) is 6.52. The zero-order chi connectivity index (χ0) is 13.1. The summed E-state index contributed by atoms with van der Waals surface area (Å²) in [5.41, 5.74) is 2.47. The molecular weight excluding hydrogens is 275 g/mol. The van der Waals surface area contributed by atoms with Gasteiger partial charge in [0.2, 0.25) is 0 Å². The molecule has 0 spiro atoms. The number of aromatic nitrogens is 1. The van der Waals surface area contributed by atoms with E-state index in [0.29, 0.717) is 27.7 Å². The molecule has 0 aromatic carbocycles. The highest BCUT2D eigenvalue weighted by atomic mass is 35.5. The molecule has 1 aromatic heterocycles. The van der Waals surface area contributed by atoms with E-state index in [9.17, 15) is 0 Å². The maximum Gasteiger partial charge on any atom is 0.161 e. The number of halogens is 2. The van der Waals surface area contributed by atoms with Crippen molar-refractivity contribution in [3.8, 4) is 0 Å². The van der Waals surface area contributed by atoms with E-state index >= 15 is 0 Å². The van der Waals surface area contributed by atoms with Gasteiger partial charge < -0.3 is 15.1 Å². The Balaban J connectivity index is 2.25. The maximum absolute atomic E-state index is 6.18. The lowest BCUT2D eigenvalue weighted by Gasteiger charge is -2.32. The SMILES string of the molecule is CN(c1nc(NN)c(Cl)cc1Cl)C1CCOCC1. The Hall–Kier alpha value is -0.750. The fourth-order valence-electron chi connectivity index (χ4n) is 2.05. The van der Waals surface area contributed by atoms with E-state index < -0.39 is 0 Å². The molecule has 0 amide bonds. The van der Waals surface area contributed by atoms with E-state index in [-0.39, 0.29) is 0 Å². The highest BCUT2D eigenvalue weighted by Crippen LogP contribution is 2.32. The highest BCUT2D eigenvalue weighted by Gasteiger charge is 2.22. The molecule has 2 heterocycles. The number of nitrogens with one attached hydrogen (secondary N) is 1. The summed E-state index contributed by atoms with van der Waals surface area (Å²) in [4.78, 5) is 6.41. The van der Waals surface area contributed by atoms with Crippen LogP contribution >= 0.6 is 23.2 Å². The first-order valence-electron chi connectivity index (χ1n) is 5.76. The average molecular weight is 291 g/mol. The molecule has 1 aliphatic rings. The summed E-state index contributed by atoms with van der Waals surface area (Å²) in [5, 5.41) is 0.930. The van der Waals surface area contributed by atoms with Gasteiger partial charge in [0.15, 0.2) is 5.82 Å². The summed E-state index contributed by atoms with van der Waals surface area (Å²) in [5.74, 6) is 6.48. The van der Waals surface area contributed by atoms with Crippen LogP contribution in [0.25, 0.3) is 0 Å². The van der Waals surface area contributed by atoms with Crippen LogP contribution in [0.15, 0.2) is 6.07 Å². The minimum atomic E-state index is 0.371. The Morgan fingerprint density at radius 3 is 2.67 bits per heavy atom. The van der Waals surface area contributed by atoms with E-state index in [2.05, 4.69) is 15.3 Å². The van der Waals surface area contributed by atoms with Crippen molar-refractivity contribution in [2.45, 2.75) is 18.9 Å². The summed E-state index contributed by atoms with van der Waals surface area (Å²) in [6, 6.07) is 2.02. The van der Waals surface area contributed by atoms with Crippen molar-refractivity contribution in [3.05, 3.63) is 16.1 Å². The first kappa shape index (κ1) is 13.7. The van der Waals surface area contributed by atoms with Crippen molar-refractivity contribution in [2.24, 2.45) is 5.84 Å². The van der Waals surface area contributed by atoms with Crippen LogP contribution in [0.2, 0.25) is 10.0 Å². The van der Waals surface area contributed by atoms with Crippen LogP contribution in [0.5, 0.6) is 0 Å². The number of hydrogen-bond acceptors (Lipinski definition) is 5. The van der Waals surface area contributed by atoms with E-state index in [1.165, 1.54) is 0 Å². The lowest BCUT2D eigenvalue weighted by molar-refractivity contribution is 0.0853. The number of pyridine rings is 1. The van der Waals surface area contributed by atoms with Crippen molar-refractivity contribution < 1.29 is 4.74 Å². The minimum Gasteiger partial charge on any atom is -0.381 e. The number of nitrogens with two attached hydrogens (primary N) is 1. The number of ether oxygens (including phenoxy) is 1. The topological polar surface area (TPSA) is 63.4 Å². The molecule has 1 fully saturated rings. The van der Waals surface area contributed by atoms with Gasteiger partial charge in [-0.25, -0.2) is 10.8 Å². The van der Waals surface area contributed by atoms with Gasteiger partial charge in [-0.3, -0.25) is 0 Å². The van der Waals surface area contributed by atoms with E-state index in [1.807, 2.05) is 7.05 Å². The lowest BCUT2D eigenvalue weighted by atomic mass is 10.1.